The molecule has 0 saturated heterocycles. The fourth-order valence-corrected chi connectivity index (χ4v) is 32.0. The van der Waals surface area contributed by atoms with Crippen molar-refractivity contribution in [2.24, 2.45) is 0 Å². The largest absolute Gasteiger partial charge is 0.0772 e. The number of rotatable bonds is 9. The van der Waals surface area contributed by atoms with Crippen molar-refractivity contribution in [2.75, 3.05) is 0 Å². The molecule has 0 amide bonds. The molecule has 3 aromatic heterocycles. The molecule has 3 unspecified atom stereocenters. The summed E-state index contributed by atoms with van der Waals surface area (Å²) in [6, 6.07) is 182. The zero-order valence-electron chi connectivity index (χ0n) is 79.0. The van der Waals surface area contributed by atoms with E-state index in [2.05, 4.69) is 520 Å². The minimum Gasteiger partial charge on any atom is -0.0772 e. The van der Waals surface area contributed by atoms with E-state index in [1.54, 1.807) is 0 Å². The Labute approximate surface area is 823 Å². The molecule has 3 heteroatoms. The predicted octanol–water partition coefficient (Wildman–Crippen LogP) is 41.5. The Morgan fingerprint density at radius 1 is 0.149 bits per heavy atom. The molecule has 28 aromatic rings. The summed E-state index contributed by atoms with van der Waals surface area (Å²) >= 11 is 0. The first-order valence-corrected chi connectivity index (χ1v) is 53.3. The van der Waals surface area contributed by atoms with E-state index >= 15 is 0 Å². The molecule has 1 aliphatic rings. The Kier molecular flexibility index (Phi) is 20.2. The van der Waals surface area contributed by atoms with Crippen LogP contribution in [0.2, 0.25) is 0 Å². The maximum Gasteiger partial charge on any atom is 0.0159 e. The van der Waals surface area contributed by atoms with E-state index in [9.17, 15) is 0 Å². The topological polar surface area (TPSA) is 0 Å². The third kappa shape index (κ3) is 13.6. The summed E-state index contributed by atoms with van der Waals surface area (Å²) in [5, 5.41) is 44.5. The van der Waals surface area contributed by atoms with Gasteiger partial charge in [0, 0.05) is 36.1 Å². The second-order valence-electron chi connectivity index (χ2n) is 38.9. The molecule has 1 aliphatic carbocycles. The monoisotopic (exact) mass is 1840 g/mol. The third-order valence-electron chi connectivity index (χ3n) is 30.4. The average Bonchev–Trinajstić information content (AvgIpc) is 1.42. The maximum absolute atomic E-state index is 2.48. The number of aryl methyl sites for hydroxylation is 3. The summed E-state index contributed by atoms with van der Waals surface area (Å²) in [5.41, 5.74) is 24.9. The van der Waals surface area contributed by atoms with Crippen molar-refractivity contribution in [1.29, 1.82) is 0 Å². The molecule has 29 rings (SSSR count). The Hall–Kier alpha value is -16.3. The first-order valence-electron chi connectivity index (χ1n) is 49.3. The molecule has 0 nitrogen and oxygen atoms in total. The highest BCUT2D eigenvalue weighted by molar-refractivity contribution is 7.68. The van der Waals surface area contributed by atoms with E-state index in [0.29, 0.717) is 0 Å². The van der Waals surface area contributed by atoms with Crippen molar-refractivity contribution in [3.05, 3.63) is 513 Å². The van der Waals surface area contributed by atoms with Gasteiger partial charge in [0.1, 0.15) is 0 Å². The highest BCUT2D eigenvalue weighted by atomic mass is 31.1. The molecule has 141 heavy (non-hydrogen) atoms. The highest BCUT2D eigenvalue weighted by Crippen LogP contribution is 2.62. The quantitative estimate of drug-likeness (QED) is 0.0998. The molecule has 662 valence electrons. The van der Waals surface area contributed by atoms with E-state index in [1.807, 2.05) is 0 Å². The van der Waals surface area contributed by atoms with Crippen LogP contribution in [-0.4, -0.2) is 0 Å². The normalized spacial score (nSPS) is 12.7. The molecule has 0 saturated carbocycles. The summed E-state index contributed by atoms with van der Waals surface area (Å²) in [6.07, 6.45) is 0. The van der Waals surface area contributed by atoms with E-state index in [1.165, 1.54) is 282 Å². The SMILES string of the molecule is Cc1ccc2c(-c3cc4ccccc4c4ccccc34)c3ccccc3c(-c3ccc4c(c3)c3ccccc3p4-c3ccccc3)c2c1.Cc1ccc2c(-c3ccc4c(c3)C(C)(C)c3ccccc3-4)c3ccccc3c(-c3ccc4c(c3)c3ccccc3p4-c3ccccc3)c2c1.Cc1ccc2c(-c3cccc4ccccc34)c3ccccc3c(-c3ccc4c(c3)c3ccccc3p4-c3ccccc3)c2c1. The number of fused-ring (bicyclic) bond motifs is 22. The van der Waals surface area contributed by atoms with Crippen LogP contribution in [0.1, 0.15) is 41.7 Å². The van der Waals surface area contributed by atoms with Crippen molar-refractivity contribution in [3.8, 4) is 93.8 Å². The first kappa shape index (κ1) is 84.1. The lowest BCUT2D eigenvalue weighted by molar-refractivity contribution is 0.660. The predicted molar refractivity (Wildman–Crippen MR) is 618 cm³/mol. The minimum absolute atomic E-state index is 0.0517. The Bertz CT molecular complexity index is 10100. The molecule has 25 aromatic carbocycles. The van der Waals surface area contributed by atoms with Gasteiger partial charge in [-0.3, -0.25) is 0 Å². The van der Waals surface area contributed by atoms with Gasteiger partial charge in [-0.15, -0.1) is 0 Å². The van der Waals surface area contributed by atoms with Crippen LogP contribution in [0.5, 0.6) is 0 Å². The number of benzene rings is 25. The standard InChI is InChI=1S/C48H35P.C47H31P.C43H29P/c1-30-21-24-39-41(27-30)47(31-23-26-45-40(28-31)36-16-10-12-20-44(36)49(45)33-13-5-4-6-14-33)38-18-8-7-17-37(38)46(39)32-22-25-35-34-15-9-11-19-42(34)48(2,3)43(35)29-32;1-30-23-25-40-42(27-30)46(32-24-26-45-41(29-32)37-19-11-12-22-44(37)48(45)33-14-3-2-4-15-33)38-20-9-10-21-39(38)47(40)43-28-31-13-5-6-16-34(31)35-17-7-8-18-36(35)43;1-28-22-24-37-39(26-28)42(35-18-7-8-19-36(35)43(37)34-20-11-13-29-12-5-6-16-32(29)34)30-23-25-41-38(27-30)33-17-9-10-21-40(33)44(41)31-14-3-2-4-15-31/h4-29H,1-3H3;2-29H,1H3;2-27H,1H3. The van der Waals surface area contributed by atoms with Crippen LogP contribution in [-0.2, 0) is 5.41 Å². The molecule has 0 spiro atoms. The summed E-state index contributed by atoms with van der Waals surface area (Å²) in [5.74, 6) is 0. The Morgan fingerprint density at radius 2 is 0.440 bits per heavy atom. The fraction of sp³-hybridized carbons (Fsp3) is 0.0435. The van der Waals surface area contributed by atoms with Crippen LogP contribution >= 0.6 is 22.6 Å². The van der Waals surface area contributed by atoms with Crippen molar-refractivity contribution in [2.45, 2.75) is 40.0 Å². The van der Waals surface area contributed by atoms with Crippen LogP contribution in [0, 0.1) is 20.8 Å². The van der Waals surface area contributed by atoms with Crippen LogP contribution < -0.4 is 0 Å². The molecular formula is C138H95P3. The summed E-state index contributed by atoms with van der Waals surface area (Å²) in [4.78, 5) is 0. The van der Waals surface area contributed by atoms with Crippen LogP contribution in [0.4, 0.5) is 0 Å². The average molecular weight is 1850 g/mol. The van der Waals surface area contributed by atoms with Gasteiger partial charge < -0.3 is 0 Å². The molecule has 3 heterocycles. The lowest BCUT2D eigenvalue weighted by Crippen LogP contribution is -2.14. The first-order chi connectivity index (χ1) is 69.5. The third-order valence-corrected chi connectivity index (χ3v) is 38.1. The molecule has 0 radical (unpaired) electrons. The van der Waals surface area contributed by atoms with E-state index < -0.39 is 22.6 Å². The van der Waals surface area contributed by atoms with Gasteiger partial charge in [-0.2, -0.15) is 0 Å². The van der Waals surface area contributed by atoms with Gasteiger partial charge in [-0.1, -0.05) is 490 Å². The van der Waals surface area contributed by atoms with Gasteiger partial charge >= 0.3 is 0 Å². The van der Waals surface area contributed by atoms with Gasteiger partial charge in [0.15, 0.2) is 0 Å². The summed E-state index contributed by atoms with van der Waals surface area (Å²) in [7, 11) is -1.77. The second-order valence-corrected chi connectivity index (χ2v) is 45.4. The molecule has 0 fully saturated rings. The number of hydrogen-bond acceptors (Lipinski definition) is 0. The van der Waals surface area contributed by atoms with Crippen LogP contribution in [0.25, 0.3) is 254 Å². The van der Waals surface area contributed by atoms with Crippen molar-refractivity contribution in [3.63, 3.8) is 0 Å². The van der Waals surface area contributed by atoms with Crippen LogP contribution in [0.3, 0.4) is 0 Å². The summed E-state index contributed by atoms with van der Waals surface area (Å²) < 4.78 is 0. The molecule has 0 aliphatic heterocycles. The van der Waals surface area contributed by atoms with Gasteiger partial charge in [-0.05, 0) is 304 Å². The zero-order chi connectivity index (χ0) is 93.8. The van der Waals surface area contributed by atoms with Crippen LogP contribution in [0.15, 0.2) is 485 Å². The molecular weight excluding hydrogens is 1750 g/mol. The fourth-order valence-electron chi connectivity index (χ4n) is 24.2. The van der Waals surface area contributed by atoms with Crippen molar-refractivity contribution < 1.29 is 0 Å². The second kappa shape index (κ2) is 33.8. The Balaban J connectivity index is 0.000000106. The van der Waals surface area contributed by atoms with Gasteiger partial charge in [0.2, 0.25) is 0 Å². The molecule has 0 bridgehead atoms. The highest BCUT2D eigenvalue weighted by Gasteiger charge is 2.36. The smallest absolute Gasteiger partial charge is 0.0159 e. The van der Waals surface area contributed by atoms with E-state index in [-0.39, 0.29) is 5.41 Å². The lowest BCUT2D eigenvalue weighted by Gasteiger charge is -2.23. The van der Waals surface area contributed by atoms with Crippen molar-refractivity contribution in [1.82, 2.24) is 0 Å². The zero-order valence-corrected chi connectivity index (χ0v) is 81.7. The van der Waals surface area contributed by atoms with Gasteiger partial charge in [0.05, 0.1) is 0 Å². The van der Waals surface area contributed by atoms with E-state index in [4.69, 9.17) is 0 Å². The Morgan fingerprint density at radius 3 is 0.887 bits per heavy atom. The van der Waals surface area contributed by atoms with Gasteiger partial charge in [-0.25, -0.2) is 0 Å². The molecule has 0 N–H and O–H groups in total. The van der Waals surface area contributed by atoms with Crippen molar-refractivity contribution >= 4 is 183 Å². The number of hydrogen-bond donors (Lipinski definition) is 0. The lowest BCUT2D eigenvalue weighted by atomic mass is 9.80. The van der Waals surface area contributed by atoms with Gasteiger partial charge in [0.25, 0.3) is 0 Å². The maximum atomic E-state index is 2.48. The minimum atomic E-state index is -0.595. The molecule has 3 atom stereocenters. The van der Waals surface area contributed by atoms with E-state index in [0.717, 1.165) is 0 Å². The summed E-state index contributed by atoms with van der Waals surface area (Å²) in [6.45, 7) is 11.4.